The Hall–Kier alpha value is -1.99. The molecule has 0 unspecified atom stereocenters. The van der Waals surface area contributed by atoms with Crippen LogP contribution in [-0.4, -0.2) is 43.1 Å². The summed E-state index contributed by atoms with van der Waals surface area (Å²) in [6.07, 6.45) is 3.43. The van der Waals surface area contributed by atoms with Crippen LogP contribution in [0, 0.1) is 0 Å². The van der Waals surface area contributed by atoms with Crippen LogP contribution in [0.2, 0.25) is 0 Å². The molecule has 84 valence electrons. The number of hydrogen-bond donors (Lipinski definition) is 0. The maximum absolute atomic E-state index is 11.5. The zero-order chi connectivity index (χ0) is 11.0. The van der Waals surface area contributed by atoms with E-state index < -0.39 is 6.01 Å². The fourth-order valence-corrected chi connectivity index (χ4v) is 1.86. The second kappa shape index (κ2) is 3.54. The van der Waals surface area contributed by atoms with Crippen LogP contribution < -0.4 is 10.0 Å². The van der Waals surface area contributed by atoms with Crippen LogP contribution in [-0.2, 0) is 0 Å². The minimum Gasteiger partial charge on any atom is -0.844 e. The molecule has 1 saturated heterocycles. The van der Waals surface area contributed by atoms with E-state index in [1.807, 2.05) is 4.90 Å². The monoisotopic (exact) mass is 220 g/mol. The highest BCUT2D eigenvalue weighted by atomic mass is 16.3. The van der Waals surface area contributed by atoms with Gasteiger partial charge in [-0.25, -0.2) is 4.98 Å². The van der Waals surface area contributed by atoms with E-state index >= 15 is 0 Å². The fraction of sp³-hybridized carbons (Fsp3) is 0.625. The van der Waals surface area contributed by atoms with Crippen molar-refractivity contribution in [2.75, 3.05) is 18.0 Å². The molecule has 0 aliphatic carbocycles. The normalized spacial score (nSPS) is 16.9. The van der Waals surface area contributed by atoms with Gasteiger partial charge in [0.25, 0.3) is 5.78 Å². The number of piperidine rings is 1. The summed E-state index contributed by atoms with van der Waals surface area (Å²) in [5.41, 5.74) is 0. The lowest BCUT2D eigenvalue weighted by Crippen LogP contribution is -2.31. The molecule has 3 rings (SSSR count). The first-order valence-electron chi connectivity index (χ1n) is 5.23. The van der Waals surface area contributed by atoms with Gasteiger partial charge in [-0.2, -0.15) is 9.50 Å². The Bertz CT molecular complexity index is 504. The van der Waals surface area contributed by atoms with Gasteiger partial charge in [-0.05, 0) is 29.7 Å². The number of nitrogens with zero attached hydrogens (tertiary/aromatic N) is 7. The molecule has 0 saturated carbocycles. The molecule has 0 spiro atoms. The predicted octanol–water partition coefficient (Wildman–Crippen LogP) is -1.02. The molecule has 1 fully saturated rings. The van der Waals surface area contributed by atoms with E-state index in [0.29, 0.717) is 5.95 Å². The van der Waals surface area contributed by atoms with Crippen molar-refractivity contribution in [3.63, 3.8) is 0 Å². The Balaban J connectivity index is 2.02. The van der Waals surface area contributed by atoms with Crippen molar-refractivity contribution in [3.05, 3.63) is 0 Å². The third-order valence-corrected chi connectivity index (χ3v) is 2.67. The topological polar surface area (TPSA) is 95.2 Å². The van der Waals surface area contributed by atoms with E-state index in [2.05, 4.69) is 25.5 Å². The van der Waals surface area contributed by atoms with Gasteiger partial charge in [0.15, 0.2) is 0 Å². The van der Waals surface area contributed by atoms with Gasteiger partial charge in [-0.15, -0.1) is 0 Å². The Labute approximate surface area is 90.9 Å². The van der Waals surface area contributed by atoms with Crippen LogP contribution >= 0.6 is 0 Å². The summed E-state index contributed by atoms with van der Waals surface area (Å²) in [7, 11) is 0. The number of aromatic nitrogens is 6. The number of fused-ring (bicyclic) bond motifs is 1. The van der Waals surface area contributed by atoms with Crippen molar-refractivity contribution >= 4 is 11.7 Å². The number of rotatable bonds is 1. The highest BCUT2D eigenvalue weighted by Gasteiger charge is 2.15. The van der Waals surface area contributed by atoms with E-state index in [-0.39, 0.29) is 5.78 Å². The van der Waals surface area contributed by atoms with Crippen LogP contribution in [0.15, 0.2) is 0 Å². The van der Waals surface area contributed by atoms with E-state index in [1.165, 1.54) is 6.42 Å². The Kier molecular flexibility index (Phi) is 2.05. The van der Waals surface area contributed by atoms with Crippen LogP contribution in [0.1, 0.15) is 19.3 Å². The van der Waals surface area contributed by atoms with Crippen molar-refractivity contribution in [3.8, 4) is 6.01 Å². The average molecular weight is 220 g/mol. The fourth-order valence-electron chi connectivity index (χ4n) is 1.86. The first-order valence-corrected chi connectivity index (χ1v) is 5.23. The lowest BCUT2D eigenvalue weighted by Gasteiger charge is -2.27. The molecule has 1 aliphatic heterocycles. The van der Waals surface area contributed by atoms with E-state index in [1.54, 1.807) is 0 Å². The van der Waals surface area contributed by atoms with Gasteiger partial charge in [-0.3, -0.25) is 0 Å². The first kappa shape index (κ1) is 9.25. The van der Waals surface area contributed by atoms with Crippen molar-refractivity contribution < 1.29 is 5.11 Å². The maximum atomic E-state index is 11.5. The molecule has 2 aromatic rings. The number of hydrogen-bond acceptors (Lipinski definition) is 7. The minimum atomic E-state index is -0.476. The molecule has 0 aromatic carbocycles. The standard InChI is InChI=1S/C8H11N7O/c16-8-10-6(14-4-2-1-3-5-14)9-7-11-12-13-15(7)8/h1-5H2,(H,9,10,11,13,16)/p-1. The smallest absolute Gasteiger partial charge is 0.277 e. The van der Waals surface area contributed by atoms with Gasteiger partial charge in [0.1, 0.15) is 0 Å². The zero-order valence-corrected chi connectivity index (χ0v) is 8.57. The zero-order valence-electron chi connectivity index (χ0n) is 8.57. The average Bonchev–Trinajstić information content (AvgIpc) is 2.79. The largest absolute Gasteiger partial charge is 0.844 e. The molecule has 0 atom stereocenters. The summed E-state index contributed by atoms with van der Waals surface area (Å²) >= 11 is 0. The predicted molar refractivity (Wildman–Crippen MR) is 51.9 cm³/mol. The molecule has 2 aromatic heterocycles. The van der Waals surface area contributed by atoms with Gasteiger partial charge in [0.05, 0.1) is 6.01 Å². The van der Waals surface area contributed by atoms with Crippen molar-refractivity contribution in [2.45, 2.75) is 19.3 Å². The van der Waals surface area contributed by atoms with Gasteiger partial charge >= 0.3 is 0 Å². The van der Waals surface area contributed by atoms with Gasteiger partial charge in [0.2, 0.25) is 5.95 Å². The summed E-state index contributed by atoms with van der Waals surface area (Å²) in [6, 6.07) is -0.476. The molecule has 3 heterocycles. The van der Waals surface area contributed by atoms with Gasteiger partial charge in [0, 0.05) is 13.1 Å². The number of anilines is 1. The highest BCUT2D eigenvalue weighted by molar-refractivity contribution is 5.38. The molecule has 1 aliphatic rings. The quantitative estimate of drug-likeness (QED) is 0.606. The molecule has 8 nitrogen and oxygen atoms in total. The third-order valence-electron chi connectivity index (χ3n) is 2.67. The van der Waals surface area contributed by atoms with Crippen LogP contribution in [0.25, 0.3) is 5.78 Å². The lowest BCUT2D eigenvalue weighted by molar-refractivity contribution is -0.284. The maximum Gasteiger partial charge on any atom is 0.277 e. The molecule has 0 bridgehead atoms. The SMILES string of the molecule is [O-]c1nc(N2CCCCC2)nc2nnnn12. The Morgan fingerprint density at radius 1 is 1.06 bits per heavy atom. The van der Waals surface area contributed by atoms with Crippen LogP contribution in [0.5, 0.6) is 6.01 Å². The molecule has 0 N–H and O–H groups in total. The Morgan fingerprint density at radius 2 is 1.88 bits per heavy atom. The summed E-state index contributed by atoms with van der Waals surface area (Å²) in [4.78, 5) is 10.0. The molecule has 8 heteroatoms. The lowest BCUT2D eigenvalue weighted by atomic mass is 10.1. The van der Waals surface area contributed by atoms with Crippen molar-refractivity contribution in [2.24, 2.45) is 0 Å². The van der Waals surface area contributed by atoms with Crippen molar-refractivity contribution in [1.82, 2.24) is 30.0 Å². The van der Waals surface area contributed by atoms with E-state index in [4.69, 9.17) is 0 Å². The molecule has 16 heavy (non-hydrogen) atoms. The molecular formula is C8H10N7O-. The third kappa shape index (κ3) is 1.42. The Morgan fingerprint density at radius 3 is 2.69 bits per heavy atom. The molecule has 0 radical (unpaired) electrons. The molecular weight excluding hydrogens is 210 g/mol. The second-order valence-electron chi connectivity index (χ2n) is 3.74. The van der Waals surface area contributed by atoms with Gasteiger partial charge in [-0.1, -0.05) is 5.10 Å². The van der Waals surface area contributed by atoms with E-state index in [9.17, 15) is 5.11 Å². The van der Waals surface area contributed by atoms with Crippen molar-refractivity contribution in [1.29, 1.82) is 0 Å². The first-order chi connectivity index (χ1) is 7.84. The molecule has 0 amide bonds. The summed E-state index contributed by atoms with van der Waals surface area (Å²) in [5, 5.41) is 22.1. The van der Waals surface area contributed by atoms with Crippen LogP contribution in [0.3, 0.4) is 0 Å². The summed E-state index contributed by atoms with van der Waals surface area (Å²) in [5.74, 6) is 0.646. The highest BCUT2D eigenvalue weighted by Crippen LogP contribution is 2.16. The second-order valence-corrected chi connectivity index (χ2v) is 3.74. The van der Waals surface area contributed by atoms with Gasteiger partial charge < -0.3 is 10.0 Å². The minimum absolute atomic E-state index is 0.209. The summed E-state index contributed by atoms with van der Waals surface area (Å²) in [6.45, 7) is 1.77. The number of tetrazole rings is 1. The van der Waals surface area contributed by atoms with E-state index in [0.717, 1.165) is 30.4 Å². The van der Waals surface area contributed by atoms with Crippen LogP contribution in [0.4, 0.5) is 5.95 Å². The summed E-state index contributed by atoms with van der Waals surface area (Å²) < 4.78 is 0.993.